The molecule has 0 atom stereocenters. The predicted octanol–water partition coefficient (Wildman–Crippen LogP) is 5.45. The SMILES string of the molecule is Cc1ccc(S(=O)(=O)N(CC(=O)NCCCSc2ccc(Cl)cc2)c2cccc(C)c2)cc1. The monoisotopic (exact) mass is 502 g/mol. The Labute approximate surface area is 205 Å². The fourth-order valence-electron chi connectivity index (χ4n) is 3.14. The van der Waals surface area contributed by atoms with Crippen molar-refractivity contribution in [2.75, 3.05) is 23.1 Å². The lowest BCUT2D eigenvalue weighted by Crippen LogP contribution is -2.41. The van der Waals surface area contributed by atoms with Crippen LogP contribution >= 0.6 is 23.4 Å². The summed E-state index contributed by atoms with van der Waals surface area (Å²) < 4.78 is 27.9. The van der Waals surface area contributed by atoms with Crippen molar-refractivity contribution in [3.8, 4) is 0 Å². The zero-order valence-electron chi connectivity index (χ0n) is 18.6. The van der Waals surface area contributed by atoms with Crippen molar-refractivity contribution in [2.24, 2.45) is 0 Å². The maximum atomic E-state index is 13.4. The van der Waals surface area contributed by atoms with Crippen LogP contribution in [0.15, 0.2) is 82.6 Å². The van der Waals surface area contributed by atoms with Gasteiger partial charge in [-0.25, -0.2) is 8.42 Å². The standard InChI is InChI=1S/C25H27ClN2O3S2/c1-19-7-13-24(14-8-19)33(30,31)28(22-6-3-5-20(2)17-22)18-25(29)27-15-4-16-32-23-11-9-21(26)10-12-23/h3,5-14,17H,4,15-16,18H2,1-2H3,(H,27,29). The van der Waals surface area contributed by atoms with Crippen LogP contribution in [0, 0.1) is 13.8 Å². The fraction of sp³-hybridized carbons (Fsp3) is 0.240. The van der Waals surface area contributed by atoms with Gasteiger partial charge in [-0.15, -0.1) is 11.8 Å². The second kappa shape index (κ2) is 11.6. The highest BCUT2D eigenvalue weighted by atomic mass is 35.5. The van der Waals surface area contributed by atoms with E-state index in [9.17, 15) is 13.2 Å². The highest BCUT2D eigenvalue weighted by molar-refractivity contribution is 7.99. The van der Waals surface area contributed by atoms with Gasteiger partial charge in [0.05, 0.1) is 10.6 Å². The van der Waals surface area contributed by atoms with Gasteiger partial charge >= 0.3 is 0 Å². The Morgan fingerprint density at radius 1 is 0.970 bits per heavy atom. The number of nitrogens with zero attached hydrogens (tertiary/aromatic N) is 1. The number of carbonyl (C=O) groups excluding carboxylic acids is 1. The molecule has 0 bridgehead atoms. The molecule has 0 unspecified atom stereocenters. The van der Waals surface area contributed by atoms with E-state index in [1.54, 1.807) is 54.2 Å². The molecule has 0 aromatic heterocycles. The number of aryl methyl sites for hydroxylation is 2. The number of halogens is 1. The zero-order chi connectivity index (χ0) is 23.8. The summed E-state index contributed by atoms with van der Waals surface area (Å²) in [5.41, 5.74) is 2.34. The summed E-state index contributed by atoms with van der Waals surface area (Å²) in [6.45, 7) is 3.96. The van der Waals surface area contributed by atoms with Crippen LogP contribution in [0.2, 0.25) is 5.02 Å². The van der Waals surface area contributed by atoms with E-state index in [0.29, 0.717) is 17.3 Å². The molecule has 8 heteroatoms. The first-order chi connectivity index (χ1) is 15.8. The van der Waals surface area contributed by atoms with Crippen molar-refractivity contribution in [3.63, 3.8) is 0 Å². The lowest BCUT2D eigenvalue weighted by atomic mass is 10.2. The number of sulfonamides is 1. The Morgan fingerprint density at radius 2 is 1.67 bits per heavy atom. The molecule has 0 radical (unpaired) electrons. The van der Waals surface area contributed by atoms with E-state index in [1.165, 1.54) is 4.31 Å². The first-order valence-corrected chi connectivity index (χ1v) is 13.4. The van der Waals surface area contributed by atoms with Crippen molar-refractivity contribution in [3.05, 3.63) is 88.9 Å². The molecule has 0 saturated heterocycles. The smallest absolute Gasteiger partial charge is 0.264 e. The molecule has 3 aromatic rings. The minimum absolute atomic E-state index is 0.154. The van der Waals surface area contributed by atoms with Crippen molar-refractivity contribution in [1.29, 1.82) is 0 Å². The first-order valence-electron chi connectivity index (χ1n) is 10.6. The van der Waals surface area contributed by atoms with Gasteiger partial charge in [-0.1, -0.05) is 41.4 Å². The molecule has 0 spiro atoms. The van der Waals surface area contributed by atoms with Gasteiger partial charge in [0.2, 0.25) is 5.91 Å². The normalized spacial score (nSPS) is 11.2. The van der Waals surface area contributed by atoms with Crippen molar-refractivity contribution >= 4 is 45.0 Å². The largest absolute Gasteiger partial charge is 0.354 e. The van der Waals surface area contributed by atoms with Crippen molar-refractivity contribution in [1.82, 2.24) is 5.32 Å². The van der Waals surface area contributed by atoms with Gasteiger partial charge in [-0.2, -0.15) is 0 Å². The van der Waals surface area contributed by atoms with Gasteiger partial charge in [0.1, 0.15) is 6.54 Å². The quantitative estimate of drug-likeness (QED) is 0.295. The maximum absolute atomic E-state index is 13.4. The molecule has 1 amide bonds. The van der Waals surface area contributed by atoms with Crippen LogP contribution < -0.4 is 9.62 Å². The number of anilines is 1. The second-order valence-electron chi connectivity index (χ2n) is 7.67. The van der Waals surface area contributed by atoms with Crippen LogP contribution in [0.3, 0.4) is 0 Å². The Hall–Kier alpha value is -2.48. The van der Waals surface area contributed by atoms with Gasteiger partial charge in [-0.05, 0) is 80.1 Å². The minimum atomic E-state index is -3.90. The summed E-state index contributed by atoms with van der Waals surface area (Å²) in [6.07, 6.45) is 0.758. The van der Waals surface area contributed by atoms with E-state index in [-0.39, 0.29) is 17.3 Å². The molecule has 0 heterocycles. The average Bonchev–Trinajstić information content (AvgIpc) is 2.78. The van der Waals surface area contributed by atoms with E-state index in [1.807, 2.05) is 44.2 Å². The number of hydrogen-bond donors (Lipinski definition) is 1. The number of amides is 1. The lowest BCUT2D eigenvalue weighted by molar-refractivity contribution is -0.119. The van der Waals surface area contributed by atoms with Gasteiger partial charge in [0.25, 0.3) is 10.0 Å². The molecule has 5 nitrogen and oxygen atoms in total. The van der Waals surface area contributed by atoms with Crippen LogP contribution in [-0.2, 0) is 14.8 Å². The van der Waals surface area contributed by atoms with E-state index in [4.69, 9.17) is 11.6 Å². The number of carbonyl (C=O) groups is 1. The Morgan fingerprint density at radius 3 is 2.33 bits per heavy atom. The molecule has 33 heavy (non-hydrogen) atoms. The molecule has 0 aliphatic heterocycles. The number of rotatable bonds is 10. The van der Waals surface area contributed by atoms with E-state index < -0.39 is 10.0 Å². The molecule has 1 N–H and O–H groups in total. The van der Waals surface area contributed by atoms with Crippen molar-refractivity contribution in [2.45, 2.75) is 30.1 Å². The fourth-order valence-corrected chi connectivity index (χ4v) is 5.53. The van der Waals surface area contributed by atoms with E-state index >= 15 is 0 Å². The maximum Gasteiger partial charge on any atom is 0.264 e. The van der Waals surface area contributed by atoms with Gasteiger partial charge in [0, 0.05) is 16.5 Å². The molecule has 0 aliphatic carbocycles. The third-order valence-electron chi connectivity index (χ3n) is 4.91. The van der Waals surface area contributed by atoms with Crippen molar-refractivity contribution < 1.29 is 13.2 Å². The number of hydrogen-bond acceptors (Lipinski definition) is 4. The first kappa shape index (κ1) is 25.1. The van der Waals surface area contributed by atoms with Crippen LogP contribution in [0.25, 0.3) is 0 Å². The Kier molecular flexibility index (Phi) is 8.83. The topological polar surface area (TPSA) is 66.5 Å². The predicted molar refractivity (Wildman–Crippen MR) is 137 cm³/mol. The molecule has 0 saturated carbocycles. The number of thioether (sulfide) groups is 1. The second-order valence-corrected chi connectivity index (χ2v) is 11.1. The van der Waals surface area contributed by atoms with Crippen LogP contribution in [0.4, 0.5) is 5.69 Å². The Balaban J connectivity index is 1.64. The van der Waals surface area contributed by atoms with Gasteiger partial charge < -0.3 is 5.32 Å². The summed E-state index contributed by atoms with van der Waals surface area (Å²) in [5, 5.41) is 3.55. The Bertz CT molecular complexity index is 1180. The van der Waals surface area contributed by atoms with Gasteiger partial charge in [0.15, 0.2) is 0 Å². The third kappa shape index (κ3) is 7.25. The van der Waals surface area contributed by atoms with Crippen LogP contribution in [0.1, 0.15) is 17.5 Å². The number of nitrogens with one attached hydrogen (secondary N) is 1. The molecule has 3 rings (SSSR count). The average molecular weight is 503 g/mol. The molecule has 3 aromatic carbocycles. The highest BCUT2D eigenvalue weighted by Crippen LogP contribution is 2.25. The highest BCUT2D eigenvalue weighted by Gasteiger charge is 2.27. The molecule has 0 aliphatic rings. The summed E-state index contributed by atoms with van der Waals surface area (Å²) >= 11 is 7.58. The number of benzene rings is 3. The van der Waals surface area contributed by atoms with E-state index in [2.05, 4.69) is 5.32 Å². The lowest BCUT2D eigenvalue weighted by Gasteiger charge is -2.24. The summed E-state index contributed by atoms with van der Waals surface area (Å²) in [4.78, 5) is 13.9. The minimum Gasteiger partial charge on any atom is -0.354 e. The van der Waals surface area contributed by atoms with Crippen LogP contribution in [0.5, 0.6) is 0 Å². The van der Waals surface area contributed by atoms with Crippen LogP contribution in [-0.4, -0.2) is 33.2 Å². The summed E-state index contributed by atoms with van der Waals surface area (Å²) in [5.74, 6) is 0.481. The summed E-state index contributed by atoms with van der Waals surface area (Å²) in [6, 6.07) is 21.4. The molecular weight excluding hydrogens is 476 g/mol. The zero-order valence-corrected chi connectivity index (χ0v) is 21.0. The van der Waals surface area contributed by atoms with Gasteiger partial charge in [-0.3, -0.25) is 9.10 Å². The molecule has 0 fully saturated rings. The van der Waals surface area contributed by atoms with E-state index in [0.717, 1.165) is 28.2 Å². The summed E-state index contributed by atoms with van der Waals surface area (Å²) in [7, 11) is -3.90. The molecular formula is C25H27ClN2O3S2. The third-order valence-corrected chi connectivity index (χ3v) is 8.05. The molecule has 174 valence electrons.